The normalized spacial score (nSPS) is 27.4. The first kappa shape index (κ1) is 14.7. The molecule has 0 bridgehead atoms. The van der Waals surface area contributed by atoms with E-state index in [0.29, 0.717) is 12.8 Å². The average molecular weight is 284 g/mol. The van der Waals surface area contributed by atoms with Gasteiger partial charge in [-0.1, -0.05) is 19.3 Å². The number of carbonyl (C=O) groups is 2. The van der Waals surface area contributed by atoms with E-state index in [0.717, 1.165) is 19.3 Å². The summed E-state index contributed by atoms with van der Waals surface area (Å²) in [6, 6.07) is -0.794. The molecule has 2 aliphatic rings. The molecular weight excluding hydrogens is 264 g/mol. The van der Waals surface area contributed by atoms with Crippen LogP contribution in [0, 0.1) is 16.0 Å². The minimum absolute atomic E-state index is 0.261. The zero-order valence-corrected chi connectivity index (χ0v) is 11.6. The van der Waals surface area contributed by atoms with E-state index in [2.05, 4.69) is 5.32 Å². The van der Waals surface area contributed by atoms with E-state index >= 15 is 0 Å². The Kier molecular flexibility index (Phi) is 4.25. The van der Waals surface area contributed by atoms with E-state index in [1.807, 2.05) is 0 Å². The van der Waals surface area contributed by atoms with Gasteiger partial charge in [-0.3, -0.25) is 14.9 Å². The average Bonchev–Trinajstić information content (AvgIpc) is 3.20. The second kappa shape index (κ2) is 5.76. The van der Waals surface area contributed by atoms with Crippen LogP contribution >= 0.6 is 0 Å². The van der Waals surface area contributed by atoms with Crippen molar-refractivity contribution in [3.63, 3.8) is 0 Å². The quantitative estimate of drug-likeness (QED) is 0.462. The Morgan fingerprint density at radius 1 is 1.35 bits per heavy atom. The Hall–Kier alpha value is -1.66. The maximum atomic E-state index is 12.1. The maximum absolute atomic E-state index is 12.1. The Bertz CT molecular complexity index is 417. The highest BCUT2D eigenvalue weighted by molar-refractivity contribution is 5.90. The molecular formula is C13H20N2O5. The first-order chi connectivity index (χ1) is 9.50. The van der Waals surface area contributed by atoms with E-state index in [1.54, 1.807) is 6.92 Å². The molecule has 2 fully saturated rings. The van der Waals surface area contributed by atoms with E-state index < -0.39 is 28.4 Å². The lowest BCUT2D eigenvalue weighted by molar-refractivity contribution is -0.497. The molecule has 0 saturated heterocycles. The SMILES string of the molecule is CCOC(=O)C1(NC(=O)[C@@H]2C[C@@H]2[N+](=O)[O-])CCCCC1. The van der Waals surface area contributed by atoms with Crippen LogP contribution in [0.3, 0.4) is 0 Å². The summed E-state index contributed by atoms with van der Waals surface area (Å²) in [5.41, 5.74) is -0.977. The number of nitrogens with zero attached hydrogens (tertiary/aromatic N) is 1. The van der Waals surface area contributed by atoms with Gasteiger partial charge >= 0.3 is 5.97 Å². The van der Waals surface area contributed by atoms with E-state index in [-0.39, 0.29) is 18.9 Å². The molecule has 0 aliphatic heterocycles. The van der Waals surface area contributed by atoms with Crippen molar-refractivity contribution in [3.8, 4) is 0 Å². The highest BCUT2D eigenvalue weighted by Crippen LogP contribution is 2.36. The molecule has 7 nitrogen and oxygen atoms in total. The molecule has 7 heteroatoms. The van der Waals surface area contributed by atoms with Gasteiger partial charge in [0.15, 0.2) is 0 Å². The second-order valence-corrected chi connectivity index (χ2v) is 5.55. The smallest absolute Gasteiger partial charge is 0.331 e. The summed E-state index contributed by atoms with van der Waals surface area (Å²) in [5, 5.41) is 13.4. The zero-order chi connectivity index (χ0) is 14.8. The third-order valence-electron chi connectivity index (χ3n) is 4.10. The van der Waals surface area contributed by atoms with Crippen LogP contribution < -0.4 is 5.32 Å². The molecule has 0 unspecified atom stereocenters. The fourth-order valence-electron chi connectivity index (χ4n) is 2.83. The van der Waals surface area contributed by atoms with Crippen molar-refractivity contribution in [1.29, 1.82) is 0 Å². The van der Waals surface area contributed by atoms with Crippen molar-refractivity contribution in [2.45, 2.75) is 57.0 Å². The summed E-state index contributed by atoms with van der Waals surface area (Å²) in [7, 11) is 0. The Balaban J connectivity index is 2.03. The fraction of sp³-hybridized carbons (Fsp3) is 0.846. The number of amides is 1. The van der Waals surface area contributed by atoms with Crippen LogP contribution in [-0.2, 0) is 14.3 Å². The number of hydrogen-bond acceptors (Lipinski definition) is 5. The monoisotopic (exact) mass is 284 g/mol. The van der Waals surface area contributed by atoms with E-state index in [9.17, 15) is 19.7 Å². The Morgan fingerprint density at radius 3 is 2.50 bits per heavy atom. The highest BCUT2D eigenvalue weighted by Gasteiger charge is 2.55. The van der Waals surface area contributed by atoms with Gasteiger partial charge in [0.25, 0.3) is 0 Å². The predicted molar refractivity (Wildman–Crippen MR) is 69.5 cm³/mol. The third-order valence-corrected chi connectivity index (χ3v) is 4.10. The van der Waals surface area contributed by atoms with Crippen molar-refractivity contribution in [1.82, 2.24) is 5.32 Å². The molecule has 20 heavy (non-hydrogen) atoms. The van der Waals surface area contributed by atoms with Gasteiger partial charge in [0.05, 0.1) is 6.61 Å². The number of esters is 1. The first-order valence-electron chi connectivity index (χ1n) is 7.13. The van der Waals surface area contributed by atoms with E-state index in [4.69, 9.17) is 4.74 Å². The van der Waals surface area contributed by atoms with Crippen LogP contribution in [0.25, 0.3) is 0 Å². The molecule has 2 aliphatic carbocycles. The van der Waals surface area contributed by atoms with Crippen LogP contribution in [0.4, 0.5) is 0 Å². The van der Waals surface area contributed by atoms with Crippen molar-refractivity contribution < 1.29 is 19.2 Å². The number of carbonyl (C=O) groups excluding carboxylic acids is 2. The topological polar surface area (TPSA) is 98.5 Å². The van der Waals surface area contributed by atoms with Gasteiger partial charge in [-0.05, 0) is 19.8 Å². The minimum atomic E-state index is -0.977. The van der Waals surface area contributed by atoms with Crippen LogP contribution in [0.5, 0.6) is 0 Å². The lowest BCUT2D eigenvalue weighted by atomic mass is 9.81. The number of nitrogens with one attached hydrogen (secondary N) is 1. The molecule has 2 saturated carbocycles. The third kappa shape index (κ3) is 2.91. The fourth-order valence-corrected chi connectivity index (χ4v) is 2.83. The van der Waals surface area contributed by atoms with Crippen molar-refractivity contribution in [3.05, 3.63) is 10.1 Å². The molecule has 112 valence electrons. The summed E-state index contributed by atoms with van der Waals surface area (Å²) in [4.78, 5) is 34.4. The van der Waals surface area contributed by atoms with Gasteiger partial charge in [-0.25, -0.2) is 4.79 Å². The molecule has 1 N–H and O–H groups in total. The number of hydrogen-bond donors (Lipinski definition) is 1. The summed E-state index contributed by atoms with van der Waals surface area (Å²) < 4.78 is 5.07. The minimum Gasteiger partial charge on any atom is -0.464 e. The second-order valence-electron chi connectivity index (χ2n) is 5.55. The van der Waals surface area contributed by atoms with E-state index in [1.165, 1.54) is 0 Å². The van der Waals surface area contributed by atoms with Gasteiger partial charge in [-0.2, -0.15) is 0 Å². The lowest BCUT2D eigenvalue weighted by Gasteiger charge is -2.35. The van der Waals surface area contributed by atoms with Crippen molar-refractivity contribution >= 4 is 11.9 Å². The summed E-state index contributed by atoms with van der Waals surface area (Å²) in [6.07, 6.45) is 4.08. The van der Waals surface area contributed by atoms with Gasteiger partial charge in [0, 0.05) is 11.3 Å². The van der Waals surface area contributed by atoms with Crippen LogP contribution in [0.15, 0.2) is 0 Å². The number of ether oxygens (including phenoxy) is 1. The molecule has 0 aromatic heterocycles. The van der Waals surface area contributed by atoms with Gasteiger partial charge < -0.3 is 10.1 Å². The lowest BCUT2D eigenvalue weighted by Crippen LogP contribution is -2.57. The van der Waals surface area contributed by atoms with Crippen molar-refractivity contribution in [2.75, 3.05) is 6.61 Å². The first-order valence-corrected chi connectivity index (χ1v) is 7.13. The summed E-state index contributed by atoms with van der Waals surface area (Å²) in [6.45, 7) is 1.98. The van der Waals surface area contributed by atoms with Crippen LogP contribution in [-0.4, -0.2) is 35.0 Å². The van der Waals surface area contributed by atoms with Crippen LogP contribution in [0.2, 0.25) is 0 Å². The number of nitro groups is 1. The standard InChI is InChI=1S/C13H20N2O5/c1-2-20-12(17)13(6-4-3-5-7-13)14-11(16)9-8-10(9)15(18)19/h9-10H,2-8H2,1H3,(H,14,16)/t9-,10+/m1/s1. The molecule has 0 aromatic carbocycles. The zero-order valence-electron chi connectivity index (χ0n) is 11.6. The molecule has 1 amide bonds. The van der Waals surface area contributed by atoms with Crippen LogP contribution in [0.1, 0.15) is 45.4 Å². The largest absolute Gasteiger partial charge is 0.464 e. The number of rotatable bonds is 5. The molecule has 0 heterocycles. The van der Waals surface area contributed by atoms with Gasteiger partial charge in [0.2, 0.25) is 11.9 Å². The molecule has 0 aromatic rings. The molecule has 0 spiro atoms. The Labute approximate surface area is 117 Å². The highest BCUT2D eigenvalue weighted by atomic mass is 16.6. The summed E-state index contributed by atoms with van der Waals surface area (Å²) >= 11 is 0. The summed E-state index contributed by atoms with van der Waals surface area (Å²) in [5.74, 6) is -1.40. The van der Waals surface area contributed by atoms with Gasteiger partial charge in [0.1, 0.15) is 11.5 Å². The Morgan fingerprint density at radius 2 is 2.00 bits per heavy atom. The maximum Gasteiger partial charge on any atom is 0.331 e. The molecule has 2 rings (SSSR count). The van der Waals surface area contributed by atoms with Crippen molar-refractivity contribution in [2.24, 2.45) is 5.92 Å². The predicted octanol–water partition coefficient (Wildman–Crippen LogP) is 1.03. The molecule has 0 radical (unpaired) electrons. The molecule has 2 atom stereocenters. The van der Waals surface area contributed by atoms with Gasteiger partial charge in [-0.15, -0.1) is 0 Å².